The van der Waals surface area contributed by atoms with E-state index >= 15 is 0 Å². The normalized spacial score (nSPS) is 14.8. The van der Waals surface area contributed by atoms with E-state index in [9.17, 15) is 0 Å². The molecule has 0 saturated carbocycles. The summed E-state index contributed by atoms with van der Waals surface area (Å²) in [5, 5.41) is 1.12. The number of aromatic nitrogens is 2. The quantitative estimate of drug-likeness (QED) is 0.175. The van der Waals surface area contributed by atoms with Gasteiger partial charge in [-0.25, -0.2) is 9.97 Å². The Labute approximate surface area is 346 Å². The van der Waals surface area contributed by atoms with Gasteiger partial charge in [0.2, 0.25) is 0 Å². The highest BCUT2D eigenvalue weighted by atomic mass is 32.2. The largest absolute Gasteiger partial charge is 0.464 e. The third kappa shape index (κ3) is 5.30. The summed E-state index contributed by atoms with van der Waals surface area (Å²) < 4.78 is 6.25. The van der Waals surface area contributed by atoms with Gasteiger partial charge in [0.15, 0.2) is 5.82 Å². The van der Waals surface area contributed by atoms with Crippen LogP contribution in [0.4, 0.5) is 0 Å². The van der Waals surface area contributed by atoms with Gasteiger partial charge in [0.1, 0.15) is 5.58 Å². The van der Waals surface area contributed by atoms with Gasteiger partial charge in [0.05, 0.1) is 23.1 Å². The summed E-state index contributed by atoms with van der Waals surface area (Å²) >= 11 is 1.87. The lowest BCUT2D eigenvalue weighted by Gasteiger charge is -2.40. The summed E-state index contributed by atoms with van der Waals surface area (Å²) in [5.74, 6) is 0.699. The topological polar surface area (TPSA) is 38.9 Å². The van der Waals surface area contributed by atoms with Crippen LogP contribution in [-0.2, 0) is 5.41 Å². The van der Waals surface area contributed by atoms with Gasteiger partial charge in [-0.2, -0.15) is 0 Å². The van der Waals surface area contributed by atoms with Crippen LogP contribution in [0.25, 0.3) is 78.3 Å². The smallest absolute Gasteiger partial charge is 0.160 e. The van der Waals surface area contributed by atoms with E-state index in [1.165, 1.54) is 48.7 Å². The fourth-order valence-corrected chi connectivity index (χ4v) is 10.6. The maximum absolute atomic E-state index is 6.25. The van der Waals surface area contributed by atoms with Crippen LogP contribution in [0.15, 0.2) is 221 Å². The van der Waals surface area contributed by atoms with Gasteiger partial charge in [-0.1, -0.05) is 169 Å². The number of furan rings is 1. The van der Waals surface area contributed by atoms with Crippen LogP contribution in [0.5, 0.6) is 0 Å². The molecule has 1 unspecified atom stereocenters. The number of fused-ring (bicyclic) bond motifs is 11. The van der Waals surface area contributed by atoms with E-state index in [1.54, 1.807) is 0 Å². The summed E-state index contributed by atoms with van der Waals surface area (Å²) in [4.78, 5) is 12.8. The van der Waals surface area contributed by atoms with Crippen molar-refractivity contribution >= 4 is 22.7 Å². The molecule has 276 valence electrons. The Kier molecular flexibility index (Phi) is 7.69. The minimum atomic E-state index is -0.501. The molecular formula is C55H34N2OS. The van der Waals surface area contributed by atoms with Crippen molar-refractivity contribution in [2.45, 2.75) is 15.2 Å². The van der Waals surface area contributed by atoms with E-state index < -0.39 is 5.41 Å². The summed E-state index contributed by atoms with van der Waals surface area (Å²) in [6.45, 7) is 0. The van der Waals surface area contributed by atoms with Crippen LogP contribution in [0.3, 0.4) is 0 Å². The fraction of sp³-hybridized carbons (Fsp3) is 0.0182. The lowest BCUT2D eigenvalue weighted by Crippen LogP contribution is -2.32. The maximum atomic E-state index is 6.25. The molecule has 12 rings (SSSR count). The lowest BCUT2D eigenvalue weighted by molar-refractivity contribution is 0.616. The van der Waals surface area contributed by atoms with Crippen molar-refractivity contribution in [2.24, 2.45) is 0 Å². The predicted molar refractivity (Wildman–Crippen MR) is 240 cm³/mol. The standard InChI is InChI=1S/C55H34N2OS/c1-3-13-35(14-4-1)48-34-49(36-15-5-2-6-16-36)57-54(56-48)42-20-12-19-40(32-42)38-17-11-18-39(31-38)41-26-28-51-47(33-41)55(45-23-9-10-24-50(45)59-51)44-22-8-7-21-43(44)52-46(55)27-25-37-29-30-58-53(37)52/h1-34H. The zero-order chi connectivity index (χ0) is 38.9. The Hall–Kier alpha value is -7.27. The molecule has 1 aliphatic heterocycles. The van der Waals surface area contributed by atoms with Crippen molar-refractivity contribution in [1.82, 2.24) is 9.97 Å². The van der Waals surface area contributed by atoms with Crippen LogP contribution >= 0.6 is 11.8 Å². The summed E-state index contributed by atoms with van der Waals surface area (Å²) in [7, 11) is 0. The van der Waals surface area contributed by atoms with E-state index in [4.69, 9.17) is 14.4 Å². The second kappa shape index (κ2) is 13.4. The molecule has 0 amide bonds. The van der Waals surface area contributed by atoms with E-state index in [2.05, 4.69) is 188 Å². The molecule has 1 spiro atoms. The van der Waals surface area contributed by atoms with Crippen LogP contribution in [0.1, 0.15) is 22.3 Å². The number of hydrogen-bond donors (Lipinski definition) is 0. The van der Waals surface area contributed by atoms with Gasteiger partial charge in [-0.05, 0) is 92.5 Å². The van der Waals surface area contributed by atoms with Crippen LogP contribution in [0.2, 0.25) is 0 Å². The molecular weight excluding hydrogens is 737 g/mol. The first-order valence-corrected chi connectivity index (χ1v) is 20.8. The molecule has 0 saturated heterocycles. The monoisotopic (exact) mass is 770 g/mol. The lowest BCUT2D eigenvalue weighted by atomic mass is 9.67. The van der Waals surface area contributed by atoms with Crippen molar-refractivity contribution < 1.29 is 4.42 Å². The number of hydrogen-bond acceptors (Lipinski definition) is 4. The van der Waals surface area contributed by atoms with Crippen LogP contribution in [0, 0.1) is 0 Å². The summed E-state index contributed by atoms with van der Waals surface area (Å²) in [6.07, 6.45) is 1.81. The van der Waals surface area contributed by atoms with Crippen molar-refractivity contribution in [3.63, 3.8) is 0 Å². The SMILES string of the molecule is c1ccc(-c2cc(-c3ccccc3)nc(-c3cccc(-c4cccc(-c5ccc6c(c5)C5(c7ccccc7S6)c6ccccc6-c6c5ccc5ccoc65)c4)c3)n2)cc1. The maximum Gasteiger partial charge on any atom is 0.160 e. The first-order chi connectivity index (χ1) is 29.2. The summed E-state index contributed by atoms with van der Waals surface area (Å²) in [5.41, 5.74) is 17.5. The van der Waals surface area contributed by atoms with Gasteiger partial charge in [-0.15, -0.1) is 0 Å². The van der Waals surface area contributed by atoms with E-state index in [0.29, 0.717) is 5.82 Å². The molecule has 8 aromatic carbocycles. The molecule has 1 aliphatic carbocycles. The van der Waals surface area contributed by atoms with Gasteiger partial charge >= 0.3 is 0 Å². The molecule has 1 atom stereocenters. The Balaban J connectivity index is 0.988. The van der Waals surface area contributed by atoms with Crippen LogP contribution in [-0.4, -0.2) is 9.97 Å². The molecule has 10 aromatic rings. The van der Waals surface area contributed by atoms with Gasteiger partial charge in [0.25, 0.3) is 0 Å². The Morgan fingerprint density at radius 2 is 0.966 bits per heavy atom. The molecule has 0 N–H and O–H groups in total. The minimum absolute atomic E-state index is 0.501. The number of rotatable bonds is 5. The highest BCUT2D eigenvalue weighted by Gasteiger charge is 2.51. The van der Waals surface area contributed by atoms with E-state index in [-0.39, 0.29) is 0 Å². The number of nitrogens with zero attached hydrogens (tertiary/aromatic N) is 2. The third-order valence-electron chi connectivity index (χ3n) is 12.0. The first-order valence-electron chi connectivity index (χ1n) is 20.0. The third-order valence-corrected chi connectivity index (χ3v) is 13.2. The second-order valence-corrected chi connectivity index (χ2v) is 16.4. The predicted octanol–water partition coefficient (Wildman–Crippen LogP) is 14.4. The molecule has 2 aromatic heterocycles. The van der Waals surface area contributed by atoms with Gasteiger partial charge < -0.3 is 4.42 Å². The molecule has 2 aliphatic rings. The fourth-order valence-electron chi connectivity index (χ4n) is 9.39. The Bertz CT molecular complexity index is 3200. The minimum Gasteiger partial charge on any atom is -0.464 e. The molecule has 0 bridgehead atoms. The Morgan fingerprint density at radius 1 is 0.390 bits per heavy atom. The van der Waals surface area contributed by atoms with Crippen molar-refractivity contribution in [2.75, 3.05) is 0 Å². The molecule has 0 radical (unpaired) electrons. The van der Waals surface area contributed by atoms with Crippen LogP contribution < -0.4 is 0 Å². The highest BCUT2D eigenvalue weighted by molar-refractivity contribution is 7.99. The second-order valence-electron chi connectivity index (χ2n) is 15.3. The van der Waals surface area contributed by atoms with E-state index in [1.807, 2.05) is 30.2 Å². The molecule has 59 heavy (non-hydrogen) atoms. The van der Waals surface area contributed by atoms with Gasteiger partial charge in [0, 0.05) is 37.4 Å². The van der Waals surface area contributed by atoms with E-state index in [0.717, 1.165) is 55.7 Å². The Morgan fingerprint density at radius 3 is 1.69 bits per heavy atom. The molecule has 3 heterocycles. The van der Waals surface area contributed by atoms with Crippen molar-refractivity contribution in [1.29, 1.82) is 0 Å². The average Bonchev–Trinajstić information content (AvgIpc) is 3.91. The molecule has 4 heteroatoms. The molecule has 3 nitrogen and oxygen atoms in total. The van der Waals surface area contributed by atoms with Crippen molar-refractivity contribution in [3.8, 4) is 67.3 Å². The van der Waals surface area contributed by atoms with Crippen molar-refractivity contribution in [3.05, 3.63) is 229 Å². The summed E-state index contributed by atoms with van der Waals surface area (Å²) in [6, 6.07) is 71.9. The zero-order valence-corrected chi connectivity index (χ0v) is 32.7. The first kappa shape index (κ1) is 33.8. The van der Waals surface area contributed by atoms with Gasteiger partial charge in [-0.3, -0.25) is 0 Å². The average molecular weight is 771 g/mol. The highest BCUT2D eigenvalue weighted by Crippen LogP contribution is 2.63. The molecule has 0 fully saturated rings. The zero-order valence-electron chi connectivity index (χ0n) is 31.8. The number of benzene rings is 8.